The largest absolute Gasteiger partial charge is 0.462 e. The summed E-state index contributed by atoms with van der Waals surface area (Å²) >= 11 is 1.09. The first-order chi connectivity index (χ1) is 15.7. The van der Waals surface area contributed by atoms with Gasteiger partial charge in [-0.25, -0.2) is 13.2 Å². The third-order valence-electron chi connectivity index (χ3n) is 5.97. The molecule has 0 atom stereocenters. The summed E-state index contributed by atoms with van der Waals surface area (Å²) in [7, 11) is -1.91. The zero-order valence-electron chi connectivity index (χ0n) is 19.5. The number of nitrogens with zero attached hydrogens (tertiary/aromatic N) is 3. The van der Waals surface area contributed by atoms with Crippen molar-refractivity contribution in [1.29, 1.82) is 0 Å². The minimum atomic E-state index is -3.64. The Balaban J connectivity index is 1.85. The topological polar surface area (TPSA) is 98.0 Å². The van der Waals surface area contributed by atoms with Gasteiger partial charge in [-0.15, -0.1) is 0 Å². The fourth-order valence-corrected chi connectivity index (χ4v) is 6.77. The highest BCUT2D eigenvalue weighted by Gasteiger charge is 2.31. The summed E-state index contributed by atoms with van der Waals surface area (Å²) in [5.41, 5.74) is 0.937. The van der Waals surface area contributed by atoms with Crippen molar-refractivity contribution >= 4 is 33.2 Å². The maximum Gasteiger partial charge on any atom is 0.350 e. The van der Waals surface area contributed by atoms with Gasteiger partial charge in [-0.3, -0.25) is 4.79 Å². The van der Waals surface area contributed by atoms with Gasteiger partial charge in [0, 0.05) is 30.9 Å². The van der Waals surface area contributed by atoms with Crippen LogP contribution >= 0.6 is 11.3 Å². The number of benzene rings is 1. The SMILES string of the molecule is CCOC(=O)c1sc(=NC(=O)c2ccc(S(=O)(=O)N(CC)C3CCCCC3)cc2)n(C)c1C. The average molecular weight is 494 g/mol. The molecule has 1 amide bonds. The molecule has 1 aromatic carbocycles. The van der Waals surface area contributed by atoms with Crippen LogP contribution in [0.15, 0.2) is 34.2 Å². The molecule has 1 fully saturated rings. The van der Waals surface area contributed by atoms with Crippen molar-refractivity contribution in [3.05, 3.63) is 45.2 Å². The quantitative estimate of drug-likeness (QED) is 0.548. The lowest BCUT2D eigenvalue weighted by Crippen LogP contribution is -2.41. The zero-order valence-corrected chi connectivity index (χ0v) is 21.2. The van der Waals surface area contributed by atoms with Crippen LogP contribution in [0, 0.1) is 6.92 Å². The fourth-order valence-electron chi connectivity index (χ4n) is 4.06. The van der Waals surface area contributed by atoms with E-state index >= 15 is 0 Å². The molecule has 180 valence electrons. The summed E-state index contributed by atoms with van der Waals surface area (Å²) in [5, 5.41) is 0. The number of sulfonamides is 1. The third kappa shape index (κ3) is 5.44. The summed E-state index contributed by atoms with van der Waals surface area (Å²) in [4.78, 5) is 29.9. The van der Waals surface area contributed by atoms with E-state index < -0.39 is 21.9 Å². The van der Waals surface area contributed by atoms with Gasteiger partial charge in [0.25, 0.3) is 5.91 Å². The molecule has 0 bridgehead atoms. The van der Waals surface area contributed by atoms with Crippen LogP contribution in [0.5, 0.6) is 0 Å². The van der Waals surface area contributed by atoms with Crippen molar-refractivity contribution in [2.24, 2.45) is 12.0 Å². The molecule has 1 aliphatic rings. The summed E-state index contributed by atoms with van der Waals surface area (Å²) in [6.45, 7) is 6.03. The first-order valence-corrected chi connectivity index (χ1v) is 13.5. The van der Waals surface area contributed by atoms with Gasteiger partial charge in [0.1, 0.15) is 4.88 Å². The molecule has 0 saturated heterocycles. The van der Waals surface area contributed by atoms with Crippen LogP contribution in [-0.4, -0.2) is 48.4 Å². The number of hydrogen-bond acceptors (Lipinski definition) is 6. The molecule has 3 rings (SSSR count). The number of amides is 1. The van der Waals surface area contributed by atoms with E-state index in [-0.39, 0.29) is 23.1 Å². The van der Waals surface area contributed by atoms with Gasteiger partial charge in [0.15, 0.2) is 4.80 Å². The smallest absolute Gasteiger partial charge is 0.350 e. The van der Waals surface area contributed by atoms with Gasteiger partial charge < -0.3 is 9.30 Å². The van der Waals surface area contributed by atoms with Crippen LogP contribution in [0.2, 0.25) is 0 Å². The number of aromatic nitrogens is 1. The van der Waals surface area contributed by atoms with Crippen molar-refractivity contribution in [3.63, 3.8) is 0 Å². The van der Waals surface area contributed by atoms with E-state index in [2.05, 4.69) is 4.99 Å². The second-order valence-electron chi connectivity index (χ2n) is 8.02. The molecule has 0 radical (unpaired) electrons. The van der Waals surface area contributed by atoms with E-state index in [4.69, 9.17) is 4.74 Å². The molecular weight excluding hydrogens is 462 g/mol. The lowest BCUT2D eigenvalue weighted by atomic mass is 9.95. The van der Waals surface area contributed by atoms with E-state index in [0.717, 1.165) is 43.4 Å². The molecule has 8 nitrogen and oxygen atoms in total. The molecule has 1 aliphatic carbocycles. The normalized spacial score (nSPS) is 15.7. The predicted molar refractivity (Wildman–Crippen MR) is 127 cm³/mol. The fraction of sp³-hybridized carbons (Fsp3) is 0.522. The van der Waals surface area contributed by atoms with Crippen molar-refractivity contribution in [1.82, 2.24) is 8.87 Å². The maximum absolute atomic E-state index is 13.2. The number of hydrogen-bond donors (Lipinski definition) is 0. The first kappa shape index (κ1) is 25.3. The lowest BCUT2D eigenvalue weighted by Gasteiger charge is -2.32. The number of carbonyl (C=O) groups is 2. The van der Waals surface area contributed by atoms with Crippen LogP contribution in [0.3, 0.4) is 0 Å². The predicted octanol–water partition coefficient (Wildman–Crippen LogP) is 3.66. The molecule has 2 aromatic rings. The van der Waals surface area contributed by atoms with Gasteiger partial charge in [0.2, 0.25) is 10.0 Å². The molecule has 33 heavy (non-hydrogen) atoms. The molecule has 1 aromatic heterocycles. The van der Waals surface area contributed by atoms with Gasteiger partial charge >= 0.3 is 5.97 Å². The summed E-state index contributed by atoms with van der Waals surface area (Å²) in [5.74, 6) is -0.955. The monoisotopic (exact) mass is 493 g/mol. The summed E-state index contributed by atoms with van der Waals surface area (Å²) in [6.07, 6.45) is 5.00. The Labute approximate surface area is 199 Å². The van der Waals surface area contributed by atoms with Crippen molar-refractivity contribution in [3.8, 4) is 0 Å². The minimum absolute atomic E-state index is 0.0284. The van der Waals surface area contributed by atoms with Crippen LogP contribution in [0.1, 0.15) is 71.7 Å². The molecule has 0 aliphatic heterocycles. The zero-order chi connectivity index (χ0) is 24.2. The number of thiazole rings is 1. The van der Waals surface area contributed by atoms with Gasteiger partial charge in [-0.2, -0.15) is 9.30 Å². The molecule has 10 heteroatoms. The van der Waals surface area contributed by atoms with E-state index in [1.165, 1.54) is 24.3 Å². The Morgan fingerprint density at radius 3 is 2.36 bits per heavy atom. The highest BCUT2D eigenvalue weighted by atomic mass is 32.2. The molecule has 0 N–H and O–H groups in total. The van der Waals surface area contributed by atoms with Crippen molar-refractivity contribution < 1.29 is 22.7 Å². The van der Waals surface area contributed by atoms with Crippen LogP contribution < -0.4 is 4.80 Å². The number of carbonyl (C=O) groups excluding carboxylic acids is 2. The van der Waals surface area contributed by atoms with E-state index in [0.29, 0.717) is 21.9 Å². The number of rotatable bonds is 7. The summed E-state index contributed by atoms with van der Waals surface area (Å²) < 4.78 is 34.7. The Kier molecular flexibility index (Phi) is 8.25. The molecule has 0 spiro atoms. The van der Waals surface area contributed by atoms with Crippen LogP contribution in [0.25, 0.3) is 0 Å². The standard InChI is InChI=1S/C23H31N3O5S2/c1-5-26(18-10-8-7-9-11-18)33(29,30)19-14-12-17(13-15-19)21(27)24-23-25(4)16(3)20(32-23)22(28)31-6-2/h12-15,18H,5-11H2,1-4H3. The average Bonchev–Trinajstić information content (AvgIpc) is 3.09. The highest BCUT2D eigenvalue weighted by Crippen LogP contribution is 2.27. The molecular formula is C23H31N3O5S2. The van der Waals surface area contributed by atoms with Gasteiger partial charge in [-0.1, -0.05) is 37.5 Å². The van der Waals surface area contributed by atoms with E-state index in [1.807, 2.05) is 6.92 Å². The van der Waals surface area contributed by atoms with E-state index in [9.17, 15) is 18.0 Å². The second kappa shape index (κ2) is 10.8. The maximum atomic E-state index is 13.2. The van der Waals surface area contributed by atoms with Crippen LogP contribution in [0.4, 0.5) is 0 Å². The first-order valence-electron chi connectivity index (χ1n) is 11.2. The lowest BCUT2D eigenvalue weighted by molar-refractivity contribution is 0.0530. The Hall–Kier alpha value is -2.30. The van der Waals surface area contributed by atoms with Crippen LogP contribution in [-0.2, 0) is 21.8 Å². The highest BCUT2D eigenvalue weighted by molar-refractivity contribution is 7.89. The van der Waals surface area contributed by atoms with E-state index in [1.54, 1.807) is 29.8 Å². The number of ether oxygens (including phenoxy) is 1. The van der Waals surface area contributed by atoms with Crippen molar-refractivity contribution in [2.75, 3.05) is 13.2 Å². The molecule has 1 heterocycles. The second-order valence-corrected chi connectivity index (χ2v) is 10.9. The Bertz CT molecular complexity index is 1170. The third-order valence-corrected chi connectivity index (χ3v) is 9.23. The Morgan fingerprint density at radius 1 is 1.15 bits per heavy atom. The summed E-state index contributed by atoms with van der Waals surface area (Å²) in [6, 6.07) is 5.93. The van der Waals surface area contributed by atoms with Crippen molar-refractivity contribution in [2.45, 2.75) is 63.8 Å². The molecule has 1 saturated carbocycles. The molecule has 0 unspecified atom stereocenters. The number of esters is 1. The van der Waals surface area contributed by atoms with Gasteiger partial charge in [-0.05, 0) is 51.0 Å². The minimum Gasteiger partial charge on any atom is -0.462 e. The van der Waals surface area contributed by atoms with Gasteiger partial charge in [0.05, 0.1) is 11.5 Å². The Morgan fingerprint density at radius 2 is 1.79 bits per heavy atom.